The van der Waals surface area contributed by atoms with Crippen LogP contribution in [0.3, 0.4) is 0 Å². The normalized spacial score (nSPS) is 11.6. The molecule has 0 unspecified atom stereocenters. The number of hydrogen-bond acceptors (Lipinski definition) is 3. The summed E-state index contributed by atoms with van der Waals surface area (Å²) in [5, 5.41) is 0.466. The fourth-order valence-corrected chi connectivity index (χ4v) is 4.85. The lowest BCUT2D eigenvalue weighted by Gasteiger charge is -2.22. The van der Waals surface area contributed by atoms with E-state index in [4.69, 9.17) is 11.6 Å². The summed E-state index contributed by atoms with van der Waals surface area (Å²) < 4.78 is 41.7. The zero-order valence-corrected chi connectivity index (χ0v) is 18.6. The van der Waals surface area contributed by atoms with Crippen molar-refractivity contribution >= 4 is 21.6 Å². The number of pyridine rings is 1. The summed E-state index contributed by atoms with van der Waals surface area (Å²) in [6.45, 7) is 0.280. The van der Waals surface area contributed by atoms with Crippen molar-refractivity contribution in [2.45, 2.75) is 18.0 Å². The summed E-state index contributed by atoms with van der Waals surface area (Å²) in [5.74, 6) is -0.304. The molecule has 1 heterocycles. The molecular formula is C25H20ClFN2O2S. The molecule has 0 aliphatic carbocycles. The van der Waals surface area contributed by atoms with Crippen molar-refractivity contribution in [2.24, 2.45) is 0 Å². The Morgan fingerprint density at radius 3 is 2.22 bits per heavy atom. The standard InChI is InChI=1S/C25H20ClFN2O2S/c26-22-11-13-25(14-12-22)32(30,31)29(18-24-6-1-2-15-28-24)17-19-7-9-20(10-8-19)21-4-3-5-23(27)16-21/h1-16H,17-18H2. The van der Waals surface area contributed by atoms with Crippen LogP contribution < -0.4 is 0 Å². The largest absolute Gasteiger partial charge is 0.260 e. The summed E-state index contributed by atoms with van der Waals surface area (Å²) in [5.41, 5.74) is 3.06. The van der Waals surface area contributed by atoms with E-state index in [1.54, 1.807) is 36.5 Å². The topological polar surface area (TPSA) is 50.3 Å². The lowest BCUT2D eigenvalue weighted by atomic mass is 10.0. The third-order valence-electron chi connectivity index (χ3n) is 4.99. The maximum atomic E-state index is 13.5. The SMILES string of the molecule is O=S(=O)(c1ccc(Cl)cc1)N(Cc1ccc(-c2cccc(F)c2)cc1)Cc1ccccn1. The molecular weight excluding hydrogens is 447 g/mol. The number of halogens is 2. The number of sulfonamides is 1. The molecule has 4 aromatic rings. The van der Waals surface area contributed by atoms with E-state index < -0.39 is 10.0 Å². The molecule has 162 valence electrons. The van der Waals surface area contributed by atoms with Crippen molar-refractivity contribution in [3.05, 3.63) is 119 Å². The van der Waals surface area contributed by atoms with Gasteiger partial charge in [0.2, 0.25) is 10.0 Å². The number of aromatic nitrogens is 1. The van der Waals surface area contributed by atoms with Gasteiger partial charge in [-0.25, -0.2) is 12.8 Å². The van der Waals surface area contributed by atoms with Crippen LogP contribution >= 0.6 is 11.6 Å². The maximum absolute atomic E-state index is 13.5. The molecule has 0 atom stereocenters. The second-order valence-corrected chi connectivity index (χ2v) is 9.63. The number of rotatable bonds is 7. The smallest absolute Gasteiger partial charge is 0.243 e. The highest BCUT2D eigenvalue weighted by molar-refractivity contribution is 7.89. The van der Waals surface area contributed by atoms with Crippen LogP contribution in [0.1, 0.15) is 11.3 Å². The lowest BCUT2D eigenvalue weighted by molar-refractivity contribution is 0.397. The van der Waals surface area contributed by atoms with E-state index in [1.807, 2.05) is 36.4 Å². The predicted octanol–water partition coefficient (Wildman–Crippen LogP) is 5.93. The molecule has 3 aromatic carbocycles. The number of benzene rings is 3. The lowest BCUT2D eigenvalue weighted by Crippen LogP contribution is -2.30. The molecule has 0 saturated carbocycles. The van der Waals surface area contributed by atoms with Crippen molar-refractivity contribution in [3.8, 4) is 11.1 Å². The van der Waals surface area contributed by atoms with Gasteiger partial charge in [0.1, 0.15) is 5.82 Å². The fourth-order valence-electron chi connectivity index (χ4n) is 3.33. The first-order valence-corrected chi connectivity index (χ1v) is 11.7. The molecule has 0 bridgehead atoms. The maximum Gasteiger partial charge on any atom is 0.243 e. The first-order chi connectivity index (χ1) is 15.4. The summed E-state index contributed by atoms with van der Waals surface area (Å²) in [6.07, 6.45) is 1.64. The summed E-state index contributed by atoms with van der Waals surface area (Å²) in [4.78, 5) is 4.44. The first kappa shape index (κ1) is 22.1. The Morgan fingerprint density at radius 1 is 0.812 bits per heavy atom. The molecule has 0 N–H and O–H groups in total. The summed E-state index contributed by atoms with van der Waals surface area (Å²) in [6, 6.07) is 25.3. The zero-order chi connectivity index (χ0) is 22.6. The highest BCUT2D eigenvalue weighted by atomic mass is 35.5. The zero-order valence-electron chi connectivity index (χ0n) is 17.0. The van der Waals surface area contributed by atoms with Gasteiger partial charge < -0.3 is 0 Å². The van der Waals surface area contributed by atoms with E-state index in [-0.39, 0.29) is 23.8 Å². The summed E-state index contributed by atoms with van der Waals surface area (Å²) in [7, 11) is -3.80. The minimum Gasteiger partial charge on any atom is -0.260 e. The molecule has 0 fully saturated rings. The third kappa shape index (κ3) is 5.22. The van der Waals surface area contributed by atoms with E-state index in [9.17, 15) is 12.8 Å². The van der Waals surface area contributed by atoms with Crippen LogP contribution in [0.5, 0.6) is 0 Å². The average molecular weight is 467 g/mol. The Balaban J connectivity index is 1.63. The van der Waals surface area contributed by atoms with E-state index in [1.165, 1.54) is 28.6 Å². The van der Waals surface area contributed by atoms with Crippen molar-refractivity contribution in [1.82, 2.24) is 9.29 Å². The van der Waals surface area contributed by atoms with Gasteiger partial charge in [-0.1, -0.05) is 54.1 Å². The molecule has 0 aliphatic heterocycles. The van der Waals surface area contributed by atoms with Crippen LogP contribution in [-0.4, -0.2) is 17.7 Å². The van der Waals surface area contributed by atoms with Crippen molar-refractivity contribution in [3.63, 3.8) is 0 Å². The van der Waals surface area contributed by atoms with Crippen LogP contribution in [0, 0.1) is 5.82 Å². The second kappa shape index (κ2) is 9.61. The fraction of sp³-hybridized carbons (Fsp3) is 0.0800. The van der Waals surface area contributed by atoms with Crippen LogP contribution in [0.25, 0.3) is 11.1 Å². The molecule has 0 saturated heterocycles. The molecule has 1 aromatic heterocycles. The molecule has 7 heteroatoms. The van der Waals surface area contributed by atoms with Crippen LogP contribution in [0.15, 0.2) is 102 Å². The van der Waals surface area contributed by atoms with Crippen LogP contribution in [-0.2, 0) is 23.1 Å². The summed E-state index contributed by atoms with van der Waals surface area (Å²) >= 11 is 5.93. The quantitative estimate of drug-likeness (QED) is 0.339. The molecule has 0 spiro atoms. The molecule has 0 aliphatic rings. The molecule has 0 amide bonds. The molecule has 4 nitrogen and oxygen atoms in total. The molecule has 0 radical (unpaired) electrons. The van der Waals surface area contributed by atoms with Gasteiger partial charge in [0.05, 0.1) is 17.1 Å². The van der Waals surface area contributed by atoms with Gasteiger partial charge >= 0.3 is 0 Å². The minimum absolute atomic E-state index is 0.122. The van der Waals surface area contributed by atoms with Gasteiger partial charge in [-0.15, -0.1) is 0 Å². The number of nitrogens with zero attached hydrogens (tertiary/aromatic N) is 2. The van der Waals surface area contributed by atoms with Crippen molar-refractivity contribution in [1.29, 1.82) is 0 Å². The average Bonchev–Trinajstić information content (AvgIpc) is 2.80. The van der Waals surface area contributed by atoms with Crippen molar-refractivity contribution in [2.75, 3.05) is 0 Å². The van der Waals surface area contributed by atoms with E-state index in [2.05, 4.69) is 4.98 Å². The Morgan fingerprint density at radius 2 is 1.56 bits per heavy atom. The van der Waals surface area contributed by atoms with Gasteiger partial charge in [0, 0.05) is 17.8 Å². The molecule has 4 rings (SSSR count). The highest BCUT2D eigenvalue weighted by Gasteiger charge is 2.25. The third-order valence-corrected chi connectivity index (χ3v) is 7.04. The minimum atomic E-state index is -3.80. The monoisotopic (exact) mass is 466 g/mol. The Bertz CT molecular complexity index is 1300. The van der Waals surface area contributed by atoms with Gasteiger partial charge in [0.15, 0.2) is 0 Å². The predicted molar refractivity (Wildman–Crippen MR) is 124 cm³/mol. The van der Waals surface area contributed by atoms with E-state index >= 15 is 0 Å². The Kier molecular flexibility index (Phi) is 6.65. The van der Waals surface area contributed by atoms with Crippen LogP contribution in [0.4, 0.5) is 4.39 Å². The number of hydrogen-bond donors (Lipinski definition) is 0. The van der Waals surface area contributed by atoms with Crippen LogP contribution in [0.2, 0.25) is 5.02 Å². The first-order valence-electron chi connectivity index (χ1n) is 9.92. The van der Waals surface area contributed by atoms with Gasteiger partial charge in [-0.05, 0) is 65.2 Å². The highest BCUT2D eigenvalue weighted by Crippen LogP contribution is 2.25. The Hall–Kier alpha value is -3.06. The second-order valence-electron chi connectivity index (χ2n) is 7.26. The van der Waals surface area contributed by atoms with Crippen molar-refractivity contribution < 1.29 is 12.8 Å². The van der Waals surface area contributed by atoms with Gasteiger partial charge in [-0.2, -0.15) is 4.31 Å². The van der Waals surface area contributed by atoms with Gasteiger partial charge in [0.25, 0.3) is 0 Å². The molecule has 32 heavy (non-hydrogen) atoms. The van der Waals surface area contributed by atoms with Gasteiger partial charge in [-0.3, -0.25) is 4.98 Å². The van der Waals surface area contributed by atoms with E-state index in [0.29, 0.717) is 10.7 Å². The van der Waals surface area contributed by atoms with E-state index in [0.717, 1.165) is 16.7 Å². The Labute approximate surface area is 192 Å².